The Bertz CT molecular complexity index is 256. The molecule has 0 aromatic heterocycles. The average Bonchev–Trinajstić information content (AvgIpc) is 2.27. The highest BCUT2D eigenvalue weighted by Gasteiger charge is 2.24. The molecule has 0 radical (unpaired) electrons. The second kappa shape index (κ2) is 8.16. The molecule has 17 heavy (non-hydrogen) atoms. The van der Waals surface area contributed by atoms with Gasteiger partial charge >= 0.3 is 11.9 Å². The Morgan fingerprint density at radius 1 is 1.12 bits per heavy atom. The largest absolute Gasteiger partial charge is 0.391 e. The van der Waals surface area contributed by atoms with Gasteiger partial charge in [-0.05, 0) is 25.3 Å². The number of esters is 2. The molecule has 0 bridgehead atoms. The third-order valence-electron chi connectivity index (χ3n) is 2.46. The van der Waals surface area contributed by atoms with Crippen molar-refractivity contribution in [2.24, 2.45) is 23.1 Å². The summed E-state index contributed by atoms with van der Waals surface area (Å²) in [6, 6.07) is -1.58. The molecule has 0 fully saturated rings. The molecular formula is C11H23N3O3. The van der Waals surface area contributed by atoms with Crippen molar-refractivity contribution in [2.45, 2.75) is 45.2 Å². The molecule has 0 aromatic carbocycles. The lowest BCUT2D eigenvalue weighted by Crippen LogP contribution is -2.42. The highest BCUT2D eigenvalue weighted by Crippen LogP contribution is 2.04. The third kappa shape index (κ3) is 6.35. The smallest absolute Gasteiger partial charge is 0.330 e. The van der Waals surface area contributed by atoms with Gasteiger partial charge < -0.3 is 21.9 Å². The SMILES string of the molecule is CC(C)C(N)C(=O)OC(=O)C(N)CCCCN. The number of ether oxygens (including phenoxy) is 1. The molecule has 0 aliphatic heterocycles. The molecule has 0 amide bonds. The zero-order chi connectivity index (χ0) is 13.4. The monoisotopic (exact) mass is 245 g/mol. The molecule has 2 unspecified atom stereocenters. The molecule has 0 saturated carbocycles. The number of nitrogens with two attached hydrogens (primary N) is 3. The number of rotatable bonds is 7. The average molecular weight is 245 g/mol. The predicted octanol–water partition coefficient (Wildman–Crippen LogP) is -0.504. The van der Waals surface area contributed by atoms with E-state index in [0.717, 1.165) is 12.8 Å². The highest BCUT2D eigenvalue weighted by molar-refractivity contribution is 5.90. The molecule has 2 atom stereocenters. The van der Waals surface area contributed by atoms with E-state index in [-0.39, 0.29) is 5.92 Å². The van der Waals surface area contributed by atoms with Crippen LogP contribution in [0, 0.1) is 5.92 Å². The van der Waals surface area contributed by atoms with Crippen LogP contribution in [0.1, 0.15) is 33.1 Å². The predicted molar refractivity (Wildman–Crippen MR) is 64.8 cm³/mol. The van der Waals surface area contributed by atoms with E-state index in [0.29, 0.717) is 13.0 Å². The van der Waals surface area contributed by atoms with E-state index in [4.69, 9.17) is 17.2 Å². The van der Waals surface area contributed by atoms with Gasteiger partial charge in [-0.3, -0.25) is 0 Å². The van der Waals surface area contributed by atoms with Crippen molar-refractivity contribution >= 4 is 11.9 Å². The Morgan fingerprint density at radius 2 is 1.71 bits per heavy atom. The standard InChI is InChI=1S/C11H23N3O3/c1-7(2)9(14)11(16)17-10(15)8(13)5-3-4-6-12/h7-9H,3-6,12-14H2,1-2H3. The second-order valence-corrected chi connectivity index (χ2v) is 4.40. The summed E-state index contributed by atoms with van der Waals surface area (Å²) in [6.45, 7) is 4.11. The van der Waals surface area contributed by atoms with Crippen LogP contribution in [0.2, 0.25) is 0 Å². The molecule has 100 valence electrons. The van der Waals surface area contributed by atoms with E-state index >= 15 is 0 Å². The second-order valence-electron chi connectivity index (χ2n) is 4.40. The lowest BCUT2D eigenvalue weighted by molar-refractivity contribution is -0.162. The molecule has 6 nitrogen and oxygen atoms in total. The summed E-state index contributed by atoms with van der Waals surface area (Å²) >= 11 is 0. The van der Waals surface area contributed by atoms with Crippen LogP contribution in [0.5, 0.6) is 0 Å². The lowest BCUT2D eigenvalue weighted by Gasteiger charge is -2.15. The number of carbonyl (C=O) groups excluding carboxylic acids is 2. The van der Waals surface area contributed by atoms with Crippen molar-refractivity contribution in [2.75, 3.05) is 6.54 Å². The van der Waals surface area contributed by atoms with Gasteiger partial charge in [0.15, 0.2) is 0 Å². The first-order chi connectivity index (χ1) is 7.90. The van der Waals surface area contributed by atoms with Gasteiger partial charge in [-0.1, -0.05) is 20.3 Å². The molecule has 0 rings (SSSR count). The van der Waals surface area contributed by atoms with Gasteiger partial charge in [0.1, 0.15) is 12.1 Å². The fraction of sp³-hybridized carbons (Fsp3) is 0.818. The fourth-order valence-electron chi connectivity index (χ4n) is 1.14. The topological polar surface area (TPSA) is 121 Å². The minimum absolute atomic E-state index is 0.0798. The summed E-state index contributed by atoms with van der Waals surface area (Å²) in [5.74, 6) is -1.52. The van der Waals surface area contributed by atoms with E-state index in [1.807, 2.05) is 0 Å². The quantitative estimate of drug-likeness (QED) is 0.316. The molecule has 6 heteroatoms. The van der Waals surface area contributed by atoms with Crippen molar-refractivity contribution in [3.05, 3.63) is 0 Å². The van der Waals surface area contributed by atoms with Crippen LogP contribution in [0.4, 0.5) is 0 Å². The van der Waals surface area contributed by atoms with Gasteiger partial charge in [-0.2, -0.15) is 0 Å². The number of hydrogen-bond acceptors (Lipinski definition) is 6. The minimum atomic E-state index is -0.796. The molecule has 0 aliphatic carbocycles. The molecule has 0 saturated heterocycles. The van der Waals surface area contributed by atoms with E-state index in [9.17, 15) is 9.59 Å². The summed E-state index contributed by atoms with van der Waals surface area (Å²) in [5, 5.41) is 0. The van der Waals surface area contributed by atoms with Gasteiger partial charge in [-0.25, -0.2) is 9.59 Å². The van der Waals surface area contributed by atoms with Crippen LogP contribution in [-0.4, -0.2) is 30.6 Å². The Morgan fingerprint density at radius 3 is 2.18 bits per heavy atom. The molecule has 0 spiro atoms. The van der Waals surface area contributed by atoms with Crippen LogP contribution in [-0.2, 0) is 14.3 Å². The summed E-state index contributed by atoms with van der Waals surface area (Å²) < 4.78 is 4.61. The summed E-state index contributed by atoms with van der Waals surface area (Å²) in [6.07, 6.45) is 1.98. The fourth-order valence-corrected chi connectivity index (χ4v) is 1.14. The number of unbranched alkanes of at least 4 members (excludes halogenated alkanes) is 1. The van der Waals surface area contributed by atoms with Crippen molar-refractivity contribution in [1.29, 1.82) is 0 Å². The van der Waals surface area contributed by atoms with Gasteiger partial charge in [0, 0.05) is 0 Å². The molecule has 0 aliphatic rings. The summed E-state index contributed by atoms with van der Waals surface area (Å²) in [7, 11) is 0. The van der Waals surface area contributed by atoms with Gasteiger partial charge in [0.2, 0.25) is 0 Å². The first-order valence-corrected chi connectivity index (χ1v) is 5.87. The minimum Gasteiger partial charge on any atom is -0.391 e. The van der Waals surface area contributed by atoms with Crippen molar-refractivity contribution in [3.8, 4) is 0 Å². The third-order valence-corrected chi connectivity index (χ3v) is 2.46. The molecule has 0 heterocycles. The van der Waals surface area contributed by atoms with Crippen LogP contribution in [0.3, 0.4) is 0 Å². The Hall–Kier alpha value is -0.980. The van der Waals surface area contributed by atoms with Gasteiger partial charge in [-0.15, -0.1) is 0 Å². The van der Waals surface area contributed by atoms with Crippen LogP contribution in [0.25, 0.3) is 0 Å². The Kier molecular flexibility index (Phi) is 7.69. The van der Waals surface area contributed by atoms with Gasteiger partial charge in [0.25, 0.3) is 0 Å². The van der Waals surface area contributed by atoms with Crippen molar-refractivity contribution < 1.29 is 14.3 Å². The van der Waals surface area contributed by atoms with E-state index in [2.05, 4.69) is 4.74 Å². The number of carbonyl (C=O) groups is 2. The maximum absolute atomic E-state index is 11.4. The van der Waals surface area contributed by atoms with Crippen LogP contribution >= 0.6 is 0 Å². The van der Waals surface area contributed by atoms with Crippen LogP contribution in [0.15, 0.2) is 0 Å². The van der Waals surface area contributed by atoms with Crippen molar-refractivity contribution in [3.63, 3.8) is 0 Å². The molecule has 6 N–H and O–H groups in total. The Labute approximate surface area is 102 Å². The first kappa shape index (κ1) is 16.0. The summed E-state index contributed by atoms with van der Waals surface area (Å²) in [4.78, 5) is 22.8. The lowest BCUT2D eigenvalue weighted by atomic mass is 10.1. The Balaban J connectivity index is 4.03. The van der Waals surface area contributed by atoms with E-state index in [1.54, 1.807) is 13.8 Å². The van der Waals surface area contributed by atoms with Gasteiger partial charge in [0.05, 0.1) is 0 Å². The van der Waals surface area contributed by atoms with E-state index < -0.39 is 24.0 Å². The normalized spacial score (nSPS) is 14.5. The highest BCUT2D eigenvalue weighted by atomic mass is 16.6. The van der Waals surface area contributed by atoms with Crippen molar-refractivity contribution in [1.82, 2.24) is 0 Å². The first-order valence-electron chi connectivity index (χ1n) is 5.87. The summed E-state index contributed by atoms with van der Waals surface area (Å²) in [5.41, 5.74) is 16.4. The molecule has 0 aromatic rings. The molecular weight excluding hydrogens is 222 g/mol. The van der Waals surface area contributed by atoms with Crippen LogP contribution < -0.4 is 17.2 Å². The zero-order valence-electron chi connectivity index (χ0n) is 10.5. The van der Waals surface area contributed by atoms with E-state index in [1.165, 1.54) is 0 Å². The maximum Gasteiger partial charge on any atom is 0.330 e. The maximum atomic E-state index is 11.4. The zero-order valence-corrected chi connectivity index (χ0v) is 10.5. The number of hydrogen-bond donors (Lipinski definition) is 3.